The average molecular weight is 237 g/mol. The van der Waals surface area contributed by atoms with Gasteiger partial charge in [0, 0.05) is 30.6 Å². The standard InChI is InChI=1S/C13H23N3O/c1-10-9-16(7-5-6-13(3,4)17)11(2)8-12(10)15-14/h10-11,17H,7-9,14H2,1-4H3/t10-,11+/m1/s1. The van der Waals surface area contributed by atoms with Gasteiger partial charge in [0.1, 0.15) is 5.60 Å². The molecule has 17 heavy (non-hydrogen) atoms. The van der Waals surface area contributed by atoms with E-state index in [0.29, 0.717) is 18.5 Å². The zero-order valence-electron chi connectivity index (χ0n) is 11.2. The molecule has 0 aliphatic carbocycles. The Morgan fingerprint density at radius 3 is 2.71 bits per heavy atom. The van der Waals surface area contributed by atoms with Crippen molar-refractivity contribution in [2.75, 3.05) is 13.1 Å². The molecule has 96 valence electrons. The van der Waals surface area contributed by atoms with Crippen LogP contribution in [0.15, 0.2) is 5.10 Å². The van der Waals surface area contributed by atoms with Crippen LogP contribution in [0.1, 0.15) is 34.1 Å². The molecule has 0 bridgehead atoms. The third-order valence-corrected chi connectivity index (χ3v) is 3.05. The van der Waals surface area contributed by atoms with Crippen LogP contribution in [0, 0.1) is 17.8 Å². The smallest absolute Gasteiger partial charge is 0.120 e. The molecule has 2 atom stereocenters. The molecular formula is C13H23N3O. The van der Waals surface area contributed by atoms with Crippen molar-refractivity contribution < 1.29 is 5.11 Å². The second-order valence-electron chi connectivity index (χ2n) is 5.36. The largest absolute Gasteiger partial charge is 0.378 e. The first-order chi connectivity index (χ1) is 7.83. The summed E-state index contributed by atoms with van der Waals surface area (Å²) in [6.07, 6.45) is 0.905. The highest BCUT2D eigenvalue weighted by Gasteiger charge is 2.27. The second kappa shape index (κ2) is 5.52. The van der Waals surface area contributed by atoms with Gasteiger partial charge in [0.2, 0.25) is 0 Å². The van der Waals surface area contributed by atoms with Crippen LogP contribution in [-0.4, -0.2) is 40.5 Å². The van der Waals surface area contributed by atoms with E-state index in [1.165, 1.54) is 0 Å². The lowest BCUT2D eigenvalue weighted by molar-refractivity contribution is 0.143. The molecule has 0 aromatic carbocycles. The molecule has 0 amide bonds. The maximum Gasteiger partial charge on any atom is 0.120 e. The lowest BCUT2D eigenvalue weighted by Crippen LogP contribution is -2.46. The van der Waals surface area contributed by atoms with Gasteiger partial charge in [-0.05, 0) is 20.8 Å². The average Bonchev–Trinajstić information content (AvgIpc) is 2.20. The van der Waals surface area contributed by atoms with E-state index in [2.05, 4.69) is 35.7 Å². The SMILES string of the molecule is C[C@@H]1CN(CC#CC(C)(C)O)[C@@H](C)CC1=NN. The van der Waals surface area contributed by atoms with Gasteiger partial charge < -0.3 is 10.9 Å². The molecule has 1 rings (SSSR count). The summed E-state index contributed by atoms with van der Waals surface area (Å²) in [6, 6.07) is 0.407. The van der Waals surface area contributed by atoms with E-state index in [0.717, 1.165) is 18.7 Å². The fourth-order valence-electron chi connectivity index (χ4n) is 2.03. The zero-order chi connectivity index (χ0) is 13.1. The van der Waals surface area contributed by atoms with Gasteiger partial charge in [0.25, 0.3) is 0 Å². The van der Waals surface area contributed by atoms with Gasteiger partial charge in [0.05, 0.1) is 6.54 Å². The molecule has 0 saturated carbocycles. The number of nitrogens with zero attached hydrogens (tertiary/aromatic N) is 2. The maximum atomic E-state index is 9.52. The summed E-state index contributed by atoms with van der Waals surface area (Å²) in [6.45, 7) is 9.30. The van der Waals surface area contributed by atoms with Crippen LogP contribution < -0.4 is 5.84 Å². The Bertz CT molecular complexity index is 346. The molecule has 1 aliphatic heterocycles. The Morgan fingerprint density at radius 1 is 1.53 bits per heavy atom. The molecule has 0 spiro atoms. The molecule has 0 unspecified atom stereocenters. The third kappa shape index (κ3) is 4.37. The van der Waals surface area contributed by atoms with Crippen LogP contribution in [-0.2, 0) is 0 Å². The number of hydrazone groups is 1. The van der Waals surface area contributed by atoms with Crippen molar-refractivity contribution in [2.45, 2.75) is 45.8 Å². The minimum absolute atomic E-state index is 0.389. The van der Waals surface area contributed by atoms with Crippen molar-refractivity contribution in [2.24, 2.45) is 16.9 Å². The van der Waals surface area contributed by atoms with E-state index in [9.17, 15) is 5.11 Å². The molecule has 3 N–H and O–H groups in total. The number of rotatable bonds is 1. The van der Waals surface area contributed by atoms with E-state index in [4.69, 9.17) is 5.84 Å². The summed E-state index contributed by atoms with van der Waals surface area (Å²) >= 11 is 0. The molecule has 4 nitrogen and oxygen atoms in total. The first-order valence-electron chi connectivity index (χ1n) is 6.06. The minimum Gasteiger partial charge on any atom is -0.378 e. The molecule has 1 saturated heterocycles. The Morgan fingerprint density at radius 2 is 2.18 bits per heavy atom. The molecule has 0 aromatic rings. The van der Waals surface area contributed by atoms with Gasteiger partial charge in [0.15, 0.2) is 0 Å². The van der Waals surface area contributed by atoms with Gasteiger partial charge in [-0.1, -0.05) is 18.8 Å². The predicted octanol–water partition coefficient (Wildman–Crippen LogP) is 0.806. The summed E-state index contributed by atoms with van der Waals surface area (Å²) < 4.78 is 0. The van der Waals surface area contributed by atoms with E-state index >= 15 is 0 Å². The van der Waals surface area contributed by atoms with Crippen LogP contribution in [0.25, 0.3) is 0 Å². The van der Waals surface area contributed by atoms with Crippen LogP contribution in [0.4, 0.5) is 0 Å². The van der Waals surface area contributed by atoms with Gasteiger partial charge in [-0.25, -0.2) is 0 Å². The highest BCUT2D eigenvalue weighted by molar-refractivity contribution is 5.87. The third-order valence-electron chi connectivity index (χ3n) is 3.05. The number of aliphatic hydroxyl groups is 1. The van der Waals surface area contributed by atoms with Gasteiger partial charge in [-0.3, -0.25) is 4.90 Å². The minimum atomic E-state index is -0.908. The van der Waals surface area contributed by atoms with Crippen molar-refractivity contribution in [3.63, 3.8) is 0 Å². The van der Waals surface area contributed by atoms with Crippen molar-refractivity contribution in [3.05, 3.63) is 0 Å². The lowest BCUT2D eigenvalue weighted by Gasteiger charge is -2.36. The molecule has 0 aromatic heterocycles. The molecule has 1 aliphatic rings. The van der Waals surface area contributed by atoms with E-state index in [1.54, 1.807) is 13.8 Å². The predicted molar refractivity (Wildman–Crippen MR) is 70.5 cm³/mol. The fraction of sp³-hybridized carbons (Fsp3) is 0.769. The highest BCUT2D eigenvalue weighted by atomic mass is 16.3. The second-order valence-corrected chi connectivity index (χ2v) is 5.36. The van der Waals surface area contributed by atoms with Gasteiger partial charge in [-0.15, -0.1) is 0 Å². The Hall–Kier alpha value is -1.05. The van der Waals surface area contributed by atoms with E-state index < -0.39 is 5.60 Å². The maximum absolute atomic E-state index is 9.52. The molecule has 0 radical (unpaired) electrons. The Balaban J connectivity index is 2.58. The number of nitrogens with two attached hydrogens (primary N) is 1. The quantitative estimate of drug-likeness (QED) is 0.403. The molecule has 1 heterocycles. The Labute approximate surface area is 104 Å². The van der Waals surface area contributed by atoms with Crippen molar-refractivity contribution in [1.29, 1.82) is 0 Å². The van der Waals surface area contributed by atoms with E-state index in [-0.39, 0.29) is 0 Å². The van der Waals surface area contributed by atoms with Crippen molar-refractivity contribution in [1.82, 2.24) is 4.90 Å². The topological polar surface area (TPSA) is 61.8 Å². The van der Waals surface area contributed by atoms with E-state index in [1.807, 2.05) is 0 Å². The van der Waals surface area contributed by atoms with Crippen LogP contribution >= 0.6 is 0 Å². The van der Waals surface area contributed by atoms with Crippen LogP contribution in [0.2, 0.25) is 0 Å². The highest BCUT2D eigenvalue weighted by Crippen LogP contribution is 2.18. The summed E-state index contributed by atoms with van der Waals surface area (Å²) in [5.74, 6) is 11.6. The number of hydrogen-bond acceptors (Lipinski definition) is 4. The van der Waals surface area contributed by atoms with Crippen molar-refractivity contribution in [3.8, 4) is 11.8 Å². The fourth-order valence-corrected chi connectivity index (χ4v) is 2.03. The first kappa shape index (κ1) is 14.0. The molecular weight excluding hydrogens is 214 g/mol. The molecule has 4 heteroatoms. The molecule has 1 fully saturated rings. The first-order valence-corrected chi connectivity index (χ1v) is 6.06. The summed E-state index contributed by atoms with van der Waals surface area (Å²) in [5.41, 5.74) is 0.179. The lowest BCUT2D eigenvalue weighted by atomic mass is 9.93. The monoisotopic (exact) mass is 237 g/mol. The van der Waals surface area contributed by atoms with Gasteiger partial charge >= 0.3 is 0 Å². The van der Waals surface area contributed by atoms with Crippen molar-refractivity contribution >= 4 is 5.71 Å². The van der Waals surface area contributed by atoms with Gasteiger partial charge in [-0.2, -0.15) is 5.10 Å². The summed E-state index contributed by atoms with van der Waals surface area (Å²) in [7, 11) is 0. The summed E-state index contributed by atoms with van der Waals surface area (Å²) in [4.78, 5) is 2.30. The summed E-state index contributed by atoms with van der Waals surface area (Å²) in [5, 5.41) is 13.4. The normalized spacial score (nSPS) is 28.9. The van der Waals surface area contributed by atoms with Crippen LogP contribution in [0.3, 0.4) is 0 Å². The number of hydrogen-bond donors (Lipinski definition) is 2. The number of likely N-dealkylation sites (tertiary alicyclic amines) is 1. The zero-order valence-corrected chi connectivity index (χ0v) is 11.2. The Kier molecular flexibility index (Phi) is 4.55. The van der Waals surface area contributed by atoms with Crippen LogP contribution in [0.5, 0.6) is 0 Å². The number of piperidine rings is 1.